The summed E-state index contributed by atoms with van der Waals surface area (Å²) < 4.78 is 0. The van der Waals surface area contributed by atoms with Gasteiger partial charge in [0, 0.05) is 6.42 Å². The number of rotatable bonds is 4. The molecule has 1 aromatic carbocycles. The highest BCUT2D eigenvalue weighted by Crippen LogP contribution is 2.13. The smallest absolute Gasteiger partial charge is 0.226 e. The van der Waals surface area contributed by atoms with E-state index in [0.29, 0.717) is 25.3 Å². The molecule has 0 saturated heterocycles. The average Bonchev–Trinajstić information content (AvgIpc) is 2.68. The van der Waals surface area contributed by atoms with Gasteiger partial charge in [0.1, 0.15) is 0 Å². The molecule has 0 aliphatic carbocycles. The number of carbonyl (C=O) groups excluding carboxylic acids is 1. The number of nitrogens with two attached hydrogens (primary N) is 1. The summed E-state index contributed by atoms with van der Waals surface area (Å²) in [6, 6.07) is 7.63. The predicted molar refractivity (Wildman–Crippen MR) is 63.0 cm³/mol. The van der Waals surface area contributed by atoms with Crippen LogP contribution in [0.1, 0.15) is 12.8 Å². The molecule has 1 aromatic heterocycles. The molecule has 0 spiro atoms. The van der Waals surface area contributed by atoms with E-state index in [2.05, 4.69) is 15.3 Å². The van der Waals surface area contributed by atoms with Crippen LogP contribution in [0.4, 0.5) is 5.95 Å². The normalized spacial score (nSPS) is 10.6. The molecule has 4 N–H and O–H groups in total. The fourth-order valence-electron chi connectivity index (χ4n) is 1.47. The number of para-hydroxylation sites is 2. The van der Waals surface area contributed by atoms with Crippen LogP contribution < -0.4 is 11.1 Å². The van der Waals surface area contributed by atoms with Crippen LogP contribution in [0.5, 0.6) is 0 Å². The van der Waals surface area contributed by atoms with Gasteiger partial charge in [-0.1, -0.05) is 12.1 Å². The Balaban J connectivity index is 2.07. The quantitative estimate of drug-likeness (QED) is 0.721. The fraction of sp³-hybridized carbons (Fsp3) is 0.273. The minimum atomic E-state index is -0.0653. The van der Waals surface area contributed by atoms with Gasteiger partial charge in [-0.15, -0.1) is 0 Å². The van der Waals surface area contributed by atoms with Crippen LogP contribution in [0, 0.1) is 0 Å². The van der Waals surface area contributed by atoms with E-state index >= 15 is 0 Å². The highest BCUT2D eigenvalue weighted by atomic mass is 16.1. The van der Waals surface area contributed by atoms with Crippen LogP contribution in [0.3, 0.4) is 0 Å². The van der Waals surface area contributed by atoms with Crippen molar-refractivity contribution in [2.45, 2.75) is 12.8 Å². The maximum atomic E-state index is 11.4. The van der Waals surface area contributed by atoms with Gasteiger partial charge in [0.25, 0.3) is 0 Å². The molecule has 5 nitrogen and oxygen atoms in total. The molecule has 0 unspecified atom stereocenters. The zero-order chi connectivity index (χ0) is 11.4. The van der Waals surface area contributed by atoms with E-state index in [1.165, 1.54) is 0 Å². The lowest BCUT2D eigenvalue weighted by Crippen LogP contribution is -2.14. The van der Waals surface area contributed by atoms with E-state index in [9.17, 15) is 4.79 Å². The first-order chi connectivity index (χ1) is 7.79. The van der Waals surface area contributed by atoms with Gasteiger partial charge in [-0.05, 0) is 25.1 Å². The van der Waals surface area contributed by atoms with E-state index in [1.807, 2.05) is 24.3 Å². The van der Waals surface area contributed by atoms with Crippen molar-refractivity contribution < 1.29 is 4.79 Å². The molecule has 0 bridgehead atoms. The van der Waals surface area contributed by atoms with Crippen molar-refractivity contribution in [3.63, 3.8) is 0 Å². The van der Waals surface area contributed by atoms with Crippen LogP contribution >= 0.6 is 0 Å². The van der Waals surface area contributed by atoms with Crippen molar-refractivity contribution in [2.75, 3.05) is 11.9 Å². The number of anilines is 1. The van der Waals surface area contributed by atoms with Gasteiger partial charge in [0.15, 0.2) is 0 Å². The predicted octanol–water partition coefficient (Wildman–Crippen LogP) is 1.24. The average molecular weight is 218 g/mol. The molecule has 0 aliphatic heterocycles. The Hall–Kier alpha value is -1.88. The number of aromatic nitrogens is 2. The van der Waals surface area contributed by atoms with Crippen molar-refractivity contribution in [3.8, 4) is 0 Å². The number of imidazole rings is 1. The second-order valence-corrected chi connectivity index (χ2v) is 3.54. The van der Waals surface area contributed by atoms with Crippen molar-refractivity contribution in [2.24, 2.45) is 5.73 Å². The molecule has 0 radical (unpaired) electrons. The van der Waals surface area contributed by atoms with Crippen LogP contribution in [0.25, 0.3) is 11.0 Å². The Kier molecular flexibility index (Phi) is 3.16. The minimum absolute atomic E-state index is 0.0653. The number of H-pyrrole nitrogens is 1. The Morgan fingerprint density at radius 2 is 2.25 bits per heavy atom. The molecule has 0 saturated carbocycles. The Bertz CT molecular complexity index is 458. The summed E-state index contributed by atoms with van der Waals surface area (Å²) in [7, 11) is 0. The molecule has 16 heavy (non-hydrogen) atoms. The number of aromatic amines is 1. The lowest BCUT2D eigenvalue weighted by Gasteiger charge is -1.99. The van der Waals surface area contributed by atoms with Crippen molar-refractivity contribution in [1.82, 2.24) is 9.97 Å². The first-order valence-electron chi connectivity index (χ1n) is 5.24. The van der Waals surface area contributed by atoms with E-state index in [4.69, 9.17) is 5.73 Å². The van der Waals surface area contributed by atoms with Crippen LogP contribution in [-0.2, 0) is 4.79 Å². The Morgan fingerprint density at radius 1 is 1.44 bits per heavy atom. The van der Waals surface area contributed by atoms with E-state index < -0.39 is 0 Å². The first kappa shape index (κ1) is 10.6. The number of hydrogen-bond donors (Lipinski definition) is 3. The summed E-state index contributed by atoms with van der Waals surface area (Å²) in [5.74, 6) is 0.424. The summed E-state index contributed by atoms with van der Waals surface area (Å²) in [4.78, 5) is 18.7. The Labute approximate surface area is 93.1 Å². The lowest BCUT2D eigenvalue weighted by molar-refractivity contribution is -0.116. The van der Waals surface area contributed by atoms with Gasteiger partial charge >= 0.3 is 0 Å². The molecule has 84 valence electrons. The lowest BCUT2D eigenvalue weighted by atomic mass is 10.3. The third kappa shape index (κ3) is 2.38. The van der Waals surface area contributed by atoms with E-state index in [-0.39, 0.29) is 5.91 Å². The molecule has 2 aromatic rings. The zero-order valence-electron chi connectivity index (χ0n) is 8.86. The molecule has 5 heteroatoms. The topological polar surface area (TPSA) is 83.8 Å². The molecule has 1 heterocycles. The molecule has 1 amide bonds. The highest BCUT2D eigenvalue weighted by molar-refractivity contribution is 5.90. The van der Waals surface area contributed by atoms with Crippen molar-refractivity contribution >= 4 is 22.9 Å². The molecule has 0 aliphatic rings. The van der Waals surface area contributed by atoms with Crippen molar-refractivity contribution in [1.29, 1.82) is 0 Å². The maximum absolute atomic E-state index is 11.4. The van der Waals surface area contributed by atoms with E-state index in [0.717, 1.165) is 11.0 Å². The van der Waals surface area contributed by atoms with Gasteiger partial charge in [-0.3, -0.25) is 10.1 Å². The zero-order valence-corrected chi connectivity index (χ0v) is 8.86. The van der Waals surface area contributed by atoms with Gasteiger partial charge < -0.3 is 10.7 Å². The van der Waals surface area contributed by atoms with E-state index in [1.54, 1.807) is 0 Å². The molecule has 0 fully saturated rings. The second kappa shape index (κ2) is 4.76. The largest absolute Gasteiger partial charge is 0.330 e. The maximum Gasteiger partial charge on any atom is 0.226 e. The number of benzene rings is 1. The SMILES string of the molecule is NCCCC(=O)Nc1nc2ccccc2[nH]1. The van der Waals surface area contributed by atoms with Crippen LogP contribution in [-0.4, -0.2) is 22.4 Å². The third-order valence-corrected chi connectivity index (χ3v) is 2.26. The van der Waals surface area contributed by atoms with Gasteiger partial charge in [-0.25, -0.2) is 4.98 Å². The number of hydrogen-bond acceptors (Lipinski definition) is 3. The Morgan fingerprint density at radius 3 is 3.00 bits per heavy atom. The minimum Gasteiger partial charge on any atom is -0.330 e. The molecular weight excluding hydrogens is 204 g/mol. The van der Waals surface area contributed by atoms with Crippen LogP contribution in [0.15, 0.2) is 24.3 Å². The number of nitrogens with zero attached hydrogens (tertiary/aromatic N) is 1. The monoisotopic (exact) mass is 218 g/mol. The fourth-order valence-corrected chi connectivity index (χ4v) is 1.47. The number of carbonyl (C=O) groups is 1. The van der Waals surface area contributed by atoms with Crippen molar-refractivity contribution in [3.05, 3.63) is 24.3 Å². The number of nitrogens with one attached hydrogen (secondary N) is 2. The standard InChI is InChI=1S/C11H14N4O/c12-7-3-6-10(16)15-11-13-8-4-1-2-5-9(8)14-11/h1-2,4-5H,3,6-7,12H2,(H2,13,14,15,16). The summed E-state index contributed by atoms with van der Waals surface area (Å²) in [6.45, 7) is 0.521. The number of fused-ring (bicyclic) bond motifs is 1. The van der Waals surface area contributed by atoms with Crippen LogP contribution in [0.2, 0.25) is 0 Å². The summed E-state index contributed by atoms with van der Waals surface area (Å²) >= 11 is 0. The highest BCUT2D eigenvalue weighted by Gasteiger charge is 2.05. The molecule has 0 atom stereocenters. The second-order valence-electron chi connectivity index (χ2n) is 3.54. The third-order valence-electron chi connectivity index (χ3n) is 2.26. The number of amides is 1. The first-order valence-corrected chi connectivity index (χ1v) is 5.24. The summed E-state index contributed by atoms with van der Waals surface area (Å²) in [5.41, 5.74) is 7.09. The van der Waals surface area contributed by atoms with Gasteiger partial charge in [0.2, 0.25) is 11.9 Å². The molecular formula is C11H14N4O. The summed E-state index contributed by atoms with van der Waals surface area (Å²) in [6.07, 6.45) is 1.11. The van der Waals surface area contributed by atoms with Gasteiger partial charge in [-0.2, -0.15) is 0 Å². The van der Waals surface area contributed by atoms with Gasteiger partial charge in [0.05, 0.1) is 11.0 Å². The molecule has 2 rings (SSSR count). The summed E-state index contributed by atoms with van der Waals surface area (Å²) in [5, 5.41) is 2.70.